The first-order valence-electron chi connectivity index (χ1n) is 11.2. The second-order valence-corrected chi connectivity index (χ2v) is 8.63. The molecular formula is C28H22O7. The van der Waals surface area contributed by atoms with Crippen molar-refractivity contribution < 1.29 is 33.6 Å². The summed E-state index contributed by atoms with van der Waals surface area (Å²) in [7, 11) is 1.49. The van der Waals surface area contributed by atoms with Gasteiger partial charge in [-0.2, -0.15) is 0 Å². The summed E-state index contributed by atoms with van der Waals surface area (Å²) in [6.45, 7) is 2.17. The van der Waals surface area contributed by atoms with Gasteiger partial charge in [0.15, 0.2) is 28.6 Å². The zero-order chi connectivity index (χ0) is 24.2. The Kier molecular flexibility index (Phi) is 4.74. The quantitative estimate of drug-likeness (QED) is 0.421. The van der Waals surface area contributed by atoms with Gasteiger partial charge in [-0.3, -0.25) is 4.79 Å². The number of hydrogen-bond acceptors (Lipinski definition) is 7. The number of benzene rings is 4. The molecule has 0 radical (unpaired) electrons. The highest BCUT2D eigenvalue weighted by Crippen LogP contribution is 2.51. The van der Waals surface area contributed by atoms with E-state index in [-0.39, 0.29) is 29.6 Å². The highest BCUT2D eigenvalue weighted by molar-refractivity contribution is 6.11. The molecule has 1 N–H and O–H groups in total. The smallest absolute Gasteiger partial charge is 0.231 e. The van der Waals surface area contributed by atoms with E-state index in [0.717, 1.165) is 16.3 Å². The van der Waals surface area contributed by atoms with Crippen LogP contribution in [0.25, 0.3) is 10.8 Å². The number of phenolic OH excluding ortho intramolecular Hbond substituents is 1. The van der Waals surface area contributed by atoms with Crippen molar-refractivity contribution in [3.05, 3.63) is 83.4 Å². The minimum absolute atomic E-state index is 0.101. The van der Waals surface area contributed by atoms with Crippen LogP contribution in [-0.4, -0.2) is 24.8 Å². The lowest BCUT2D eigenvalue weighted by atomic mass is 9.87. The molecule has 0 bridgehead atoms. The molecule has 35 heavy (non-hydrogen) atoms. The molecule has 2 aliphatic rings. The summed E-state index contributed by atoms with van der Waals surface area (Å²) in [5, 5.41) is 12.1. The van der Waals surface area contributed by atoms with Crippen LogP contribution >= 0.6 is 0 Å². The summed E-state index contributed by atoms with van der Waals surface area (Å²) < 4.78 is 29.0. The van der Waals surface area contributed by atoms with Gasteiger partial charge < -0.3 is 28.8 Å². The number of Topliss-reactive ketones (excluding diaryl/α,β-unsaturated/α-hetero) is 1. The molecule has 1 unspecified atom stereocenters. The normalized spacial score (nSPS) is 17.8. The number of carbonyl (C=O) groups is 1. The van der Waals surface area contributed by atoms with E-state index < -0.39 is 5.60 Å². The van der Waals surface area contributed by atoms with Gasteiger partial charge in [-0.25, -0.2) is 0 Å². The predicted octanol–water partition coefficient (Wildman–Crippen LogP) is 5.35. The molecule has 0 aliphatic carbocycles. The Bertz CT molecular complexity index is 1480. The predicted molar refractivity (Wildman–Crippen MR) is 128 cm³/mol. The number of hydrogen-bond donors (Lipinski definition) is 1. The van der Waals surface area contributed by atoms with E-state index in [9.17, 15) is 9.90 Å². The minimum Gasteiger partial charge on any atom is -0.507 e. The van der Waals surface area contributed by atoms with Crippen LogP contribution in [0.15, 0.2) is 66.7 Å². The zero-order valence-corrected chi connectivity index (χ0v) is 19.2. The summed E-state index contributed by atoms with van der Waals surface area (Å²) in [6.07, 6.45) is 0. The topological polar surface area (TPSA) is 83.5 Å². The number of aromatic hydroxyl groups is 1. The number of fused-ring (bicyclic) bond motifs is 3. The minimum atomic E-state index is -1.40. The molecule has 4 aromatic carbocycles. The van der Waals surface area contributed by atoms with Crippen molar-refractivity contribution >= 4 is 16.6 Å². The third-order valence-corrected chi connectivity index (χ3v) is 6.48. The van der Waals surface area contributed by atoms with Gasteiger partial charge in [-0.15, -0.1) is 0 Å². The van der Waals surface area contributed by atoms with E-state index in [0.29, 0.717) is 35.2 Å². The molecule has 7 heteroatoms. The second kappa shape index (κ2) is 7.84. The number of ether oxygens (including phenoxy) is 5. The van der Waals surface area contributed by atoms with Crippen LogP contribution in [0.2, 0.25) is 0 Å². The van der Waals surface area contributed by atoms with Crippen LogP contribution in [0.1, 0.15) is 28.4 Å². The van der Waals surface area contributed by atoms with Crippen molar-refractivity contribution in [1.29, 1.82) is 0 Å². The fraction of sp³-hybridized carbons (Fsp3) is 0.179. The van der Waals surface area contributed by atoms with E-state index in [1.165, 1.54) is 13.2 Å². The number of carbonyl (C=O) groups excluding carboxylic acids is 1. The molecule has 4 aromatic rings. The molecule has 0 spiro atoms. The van der Waals surface area contributed by atoms with Crippen molar-refractivity contribution in [3.63, 3.8) is 0 Å². The first-order valence-corrected chi connectivity index (χ1v) is 11.2. The fourth-order valence-corrected chi connectivity index (χ4v) is 4.56. The maximum atomic E-state index is 13.6. The van der Waals surface area contributed by atoms with Gasteiger partial charge in [-0.05, 0) is 54.3 Å². The molecule has 0 saturated heterocycles. The second-order valence-electron chi connectivity index (χ2n) is 8.63. The van der Waals surface area contributed by atoms with Crippen LogP contribution < -0.4 is 23.7 Å². The SMILES string of the molecule is COc1ccc(O)c2c1OC(C)(c1cc(OCc3ccccc3)c3cc4c(cc3c1)OCO4)C2=O. The molecular weight excluding hydrogens is 448 g/mol. The summed E-state index contributed by atoms with van der Waals surface area (Å²) in [6, 6.07) is 20.3. The molecule has 0 aromatic heterocycles. The highest BCUT2D eigenvalue weighted by atomic mass is 16.7. The maximum Gasteiger partial charge on any atom is 0.231 e. The van der Waals surface area contributed by atoms with Gasteiger partial charge in [0.25, 0.3) is 0 Å². The highest BCUT2D eigenvalue weighted by Gasteiger charge is 2.49. The molecule has 1 atom stereocenters. The molecule has 0 saturated carbocycles. The van der Waals surface area contributed by atoms with Crippen LogP contribution in [0.3, 0.4) is 0 Å². The molecule has 2 aliphatic heterocycles. The molecule has 2 heterocycles. The van der Waals surface area contributed by atoms with Crippen molar-refractivity contribution in [2.75, 3.05) is 13.9 Å². The fourth-order valence-electron chi connectivity index (χ4n) is 4.56. The van der Waals surface area contributed by atoms with E-state index in [2.05, 4.69) is 0 Å². The van der Waals surface area contributed by atoms with E-state index >= 15 is 0 Å². The Morgan fingerprint density at radius 3 is 2.51 bits per heavy atom. The van der Waals surface area contributed by atoms with Gasteiger partial charge in [0.05, 0.1) is 7.11 Å². The molecule has 0 fully saturated rings. The van der Waals surface area contributed by atoms with Gasteiger partial charge in [0.1, 0.15) is 23.7 Å². The Morgan fingerprint density at radius 1 is 0.971 bits per heavy atom. The van der Waals surface area contributed by atoms with Gasteiger partial charge in [0, 0.05) is 10.9 Å². The number of phenols is 1. The molecule has 7 nitrogen and oxygen atoms in total. The van der Waals surface area contributed by atoms with Crippen molar-refractivity contribution in [3.8, 4) is 34.5 Å². The van der Waals surface area contributed by atoms with Crippen LogP contribution in [0, 0.1) is 0 Å². The Balaban J connectivity index is 1.49. The molecule has 6 rings (SSSR count). The number of rotatable bonds is 5. The number of methoxy groups -OCH3 is 1. The van der Waals surface area contributed by atoms with Crippen LogP contribution in [0.4, 0.5) is 0 Å². The molecule has 176 valence electrons. The summed E-state index contributed by atoms with van der Waals surface area (Å²) in [5.74, 6) is 1.91. The Morgan fingerprint density at radius 2 is 1.74 bits per heavy atom. The Labute approximate surface area is 201 Å². The lowest BCUT2D eigenvalue weighted by Gasteiger charge is -2.24. The van der Waals surface area contributed by atoms with Gasteiger partial charge in [0.2, 0.25) is 12.6 Å². The van der Waals surface area contributed by atoms with Crippen molar-refractivity contribution in [2.45, 2.75) is 19.1 Å². The number of ketones is 1. The third kappa shape index (κ3) is 3.31. The van der Waals surface area contributed by atoms with Crippen LogP contribution in [0.5, 0.6) is 34.5 Å². The maximum absolute atomic E-state index is 13.6. The van der Waals surface area contributed by atoms with Crippen LogP contribution in [-0.2, 0) is 12.2 Å². The monoisotopic (exact) mass is 470 g/mol. The largest absolute Gasteiger partial charge is 0.507 e. The van der Waals surface area contributed by atoms with E-state index in [1.54, 1.807) is 19.1 Å². The summed E-state index contributed by atoms with van der Waals surface area (Å²) in [4.78, 5) is 13.6. The van der Waals surface area contributed by atoms with Crippen molar-refractivity contribution in [2.24, 2.45) is 0 Å². The Hall–Kier alpha value is -4.39. The van der Waals surface area contributed by atoms with E-state index in [1.807, 2.05) is 48.5 Å². The van der Waals surface area contributed by atoms with E-state index in [4.69, 9.17) is 23.7 Å². The first kappa shape index (κ1) is 21.2. The van der Waals surface area contributed by atoms with Gasteiger partial charge in [-0.1, -0.05) is 30.3 Å². The lowest BCUT2D eigenvalue weighted by molar-refractivity contribution is 0.0611. The van der Waals surface area contributed by atoms with Crippen molar-refractivity contribution in [1.82, 2.24) is 0 Å². The average Bonchev–Trinajstić information content (AvgIpc) is 3.44. The lowest BCUT2D eigenvalue weighted by Crippen LogP contribution is -2.33. The third-order valence-electron chi connectivity index (χ3n) is 6.48. The zero-order valence-electron chi connectivity index (χ0n) is 19.2. The first-order chi connectivity index (χ1) is 17.0. The van der Waals surface area contributed by atoms with Gasteiger partial charge >= 0.3 is 0 Å². The molecule has 0 amide bonds. The standard InChI is InChI=1S/C28H22O7/c1-28(27(30)25-20(29)8-9-21(31-2)26(25)35-28)18-10-17-11-23-24(34-15-33-23)13-19(17)22(12-18)32-14-16-6-4-3-5-7-16/h3-13,29H,14-15H2,1-2H3. The summed E-state index contributed by atoms with van der Waals surface area (Å²) >= 11 is 0. The summed E-state index contributed by atoms with van der Waals surface area (Å²) in [5.41, 5.74) is 0.288. The average molecular weight is 470 g/mol.